The lowest BCUT2D eigenvalue weighted by Crippen LogP contribution is -1.90. The fourth-order valence-electron chi connectivity index (χ4n) is 2.95. The Morgan fingerprint density at radius 1 is 0.933 bits per heavy atom. The van der Waals surface area contributed by atoms with Crippen molar-refractivity contribution in [3.63, 3.8) is 0 Å². The molecule has 0 aromatic heterocycles. The van der Waals surface area contributed by atoms with Crippen molar-refractivity contribution in [1.82, 2.24) is 0 Å². The zero-order chi connectivity index (χ0) is 9.99. The molecule has 1 heteroatoms. The predicted octanol–water partition coefficient (Wildman–Crippen LogP) is 3.39. The monoisotopic (exact) mass is 193 g/mol. The lowest BCUT2D eigenvalue weighted by molar-refractivity contribution is 1.02. The molecule has 0 fully saturated rings. The first kappa shape index (κ1) is 7.63. The summed E-state index contributed by atoms with van der Waals surface area (Å²) in [6.07, 6.45) is 2.41. The SMILES string of the molecule is CC1=Nc2ccc3c4c(ccc1c24)CC3. The van der Waals surface area contributed by atoms with Gasteiger partial charge in [0.25, 0.3) is 0 Å². The molecule has 0 saturated heterocycles. The van der Waals surface area contributed by atoms with Crippen LogP contribution in [0.1, 0.15) is 23.6 Å². The maximum absolute atomic E-state index is 4.62. The summed E-state index contributed by atoms with van der Waals surface area (Å²) in [7, 11) is 0. The third-order valence-electron chi connectivity index (χ3n) is 3.65. The first-order valence-electron chi connectivity index (χ1n) is 5.48. The predicted molar refractivity (Wildman–Crippen MR) is 63.2 cm³/mol. The van der Waals surface area contributed by atoms with Crippen molar-refractivity contribution in [2.45, 2.75) is 19.8 Å². The van der Waals surface area contributed by atoms with Crippen LogP contribution in [-0.4, -0.2) is 5.71 Å². The molecule has 72 valence electrons. The Morgan fingerprint density at radius 2 is 1.67 bits per heavy atom. The van der Waals surface area contributed by atoms with Crippen molar-refractivity contribution in [3.05, 3.63) is 41.0 Å². The summed E-state index contributed by atoms with van der Waals surface area (Å²) in [6, 6.07) is 8.94. The standard InChI is InChI=1S/C14H11N/c1-8-11-6-4-9-2-3-10-5-7-12(15-8)14(11)13(9)10/h4-7H,2-3H2,1H3. The van der Waals surface area contributed by atoms with Gasteiger partial charge in [-0.2, -0.15) is 0 Å². The number of rotatable bonds is 0. The Balaban J connectivity index is 2.32. The van der Waals surface area contributed by atoms with Crippen LogP contribution in [0.5, 0.6) is 0 Å². The Labute approximate surface area is 88.5 Å². The van der Waals surface area contributed by atoms with Crippen LogP contribution in [-0.2, 0) is 12.8 Å². The minimum absolute atomic E-state index is 1.17. The van der Waals surface area contributed by atoms with Crippen molar-refractivity contribution in [2.75, 3.05) is 0 Å². The van der Waals surface area contributed by atoms with Crippen LogP contribution in [0.25, 0.3) is 10.8 Å². The third kappa shape index (κ3) is 0.777. The van der Waals surface area contributed by atoms with E-state index in [0.29, 0.717) is 0 Å². The van der Waals surface area contributed by atoms with Crippen LogP contribution in [0.15, 0.2) is 29.3 Å². The number of nitrogens with zero attached hydrogens (tertiary/aromatic N) is 1. The van der Waals surface area contributed by atoms with E-state index in [4.69, 9.17) is 0 Å². The quantitative estimate of drug-likeness (QED) is 0.608. The lowest BCUT2D eigenvalue weighted by Gasteiger charge is -2.04. The van der Waals surface area contributed by atoms with E-state index < -0.39 is 0 Å². The number of aryl methyl sites for hydroxylation is 2. The average molecular weight is 193 g/mol. The summed E-state index contributed by atoms with van der Waals surface area (Å²) in [5.41, 5.74) is 6.70. The first-order chi connectivity index (χ1) is 7.34. The van der Waals surface area contributed by atoms with Gasteiger partial charge in [0.05, 0.1) is 5.69 Å². The highest BCUT2D eigenvalue weighted by atomic mass is 14.8. The molecular formula is C14H11N. The average Bonchev–Trinajstić information content (AvgIpc) is 2.78. The molecule has 2 aromatic rings. The van der Waals surface area contributed by atoms with Crippen molar-refractivity contribution in [1.29, 1.82) is 0 Å². The summed E-state index contributed by atoms with van der Waals surface area (Å²) in [4.78, 5) is 4.62. The van der Waals surface area contributed by atoms with E-state index in [1.807, 2.05) is 0 Å². The Bertz CT molecular complexity index is 625. The van der Waals surface area contributed by atoms with Gasteiger partial charge in [0, 0.05) is 16.7 Å². The van der Waals surface area contributed by atoms with E-state index in [-0.39, 0.29) is 0 Å². The normalized spacial score (nSPS) is 16.2. The fourth-order valence-corrected chi connectivity index (χ4v) is 2.95. The minimum atomic E-state index is 1.17. The van der Waals surface area contributed by atoms with E-state index in [1.54, 1.807) is 0 Å². The number of hydrogen-bond donors (Lipinski definition) is 0. The Kier molecular flexibility index (Phi) is 1.17. The highest BCUT2D eigenvalue weighted by molar-refractivity contribution is 6.20. The number of benzene rings is 2. The fraction of sp³-hybridized carbons (Fsp3) is 0.214. The van der Waals surface area contributed by atoms with E-state index in [0.717, 1.165) is 0 Å². The molecule has 0 spiro atoms. The molecule has 15 heavy (non-hydrogen) atoms. The van der Waals surface area contributed by atoms with Crippen molar-refractivity contribution in [2.24, 2.45) is 4.99 Å². The summed E-state index contributed by atoms with van der Waals surface area (Å²) in [6.45, 7) is 2.10. The maximum atomic E-state index is 4.62. The van der Waals surface area contributed by atoms with Crippen molar-refractivity contribution < 1.29 is 0 Å². The van der Waals surface area contributed by atoms with E-state index in [9.17, 15) is 0 Å². The Morgan fingerprint density at radius 3 is 2.47 bits per heavy atom. The van der Waals surface area contributed by atoms with E-state index in [1.165, 1.54) is 51.7 Å². The van der Waals surface area contributed by atoms with Crippen molar-refractivity contribution in [3.8, 4) is 0 Å². The number of hydrogen-bond acceptors (Lipinski definition) is 1. The largest absolute Gasteiger partial charge is 0.252 e. The molecule has 1 aliphatic carbocycles. The molecule has 0 N–H and O–H groups in total. The molecular weight excluding hydrogens is 182 g/mol. The Hall–Kier alpha value is -1.63. The van der Waals surface area contributed by atoms with Gasteiger partial charge in [-0.1, -0.05) is 18.2 Å². The highest BCUT2D eigenvalue weighted by Gasteiger charge is 2.22. The van der Waals surface area contributed by atoms with Gasteiger partial charge >= 0.3 is 0 Å². The van der Waals surface area contributed by atoms with Crippen LogP contribution in [0.3, 0.4) is 0 Å². The van der Waals surface area contributed by atoms with Gasteiger partial charge in [0.2, 0.25) is 0 Å². The maximum Gasteiger partial charge on any atom is 0.0718 e. The molecule has 0 atom stereocenters. The second-order valence-electron chi connectivity index (χ2n) is 4.46. The smallest absolute Gasteiger partial charge is 0.0718 e. The summed E-state index contributed by atoms with van der Waals surface area (Å²) in [5, 5.41) is 2.89. The van der Waals surface area contributed by atoms with Crippen LogP contribution in [0, 0.1) is 0 Å². The van der Waals surface area contributed by atoms with Crippen LogP contribution in [0.2, 0.25) is 0 Å². The lowest BCUT2D eigenvalue weighted by atomic mass is 9.99. The molecule has 0 unspecified atom stereocenters. The van der Waals surface area contributed by atoms with Gasteiger partial charge in [-0.05, 0) is 42.3 Å². The molecule has 2 aromatic carbocycles. The topological polar surface area (TPSA) is 12.4 Å². The molecule has 1 nitrogen and oxygen atoms in total. The second kappa shape index (κ2) is 2.30. The zero-order valence-electron chi connectivity index (χ0n) is 8.67. The van der Waals surface area contributed by atoms with Gasteiger partial charge in [-0.25, -0.2) is 0 Å². The van der Waals surface area contributed by atoms with Crippen LogP contribution < -0.4 is 0 Å². The summed E-state index contributed by atoms with van der Waals surface area (Å²) >= 11 is 0. The van der Waals surface area contributed by atoms with Gasteiger partial charge in [-0.15, -0.1) is 0 Å². The molecule has 0 radical (unpaired) electrons. The molecule has 0 amide bonds. The summed E-state index contributed by atoms with van der Waals surface area (Å²) in [5.74, 6) is 0. The van der Waals surface area contributed by atoms with Crippen molar-refractivity contribution >= 4 is 22.2 Å². The molecule has 1 heterocycles. The molecule has 0 saturated carbocycles. The highest BCUT2D eigenvalue weighted by Crippen LogP contribution is 2.41. The molecule has 0 bridgehead atoms. The van der Waals surface area contributed by atoms with E-state index >= 15 is 0 Å². The minimum Gasteiger partial charge on any atom is -0.252 e. The van der Waals surface area contributed by atoms with Gasteiger partial charge < -0.3 is 0 Å². The van der Waals surface area contributed by atoms with Crippen LogP contribution >= 0.6 is 0 Å². The third-order valence-corrected chi connectivity index (χ3v) is 3.65. The second-order valence-corrected chi connectivity index (χ2v) is 4.46. The van der Waals surface area contributed by atoms with E-state index in [2.05, 4.69) is 36.2 Å². The molecule has 4 rings (SSSR count). The molecule has 2 aliphatic rings. The van der Waals surface area contributed by atoms with Crippen LogP contribution in [0.4, 0.5) is 5.69 Å². The zero-order valence-corrected chi connectivity index (χ0v) is 8.67. The summed E-state index contributed by atoms with van der Waals surface area (Å²) < 4.78 is 0. The van der Waals surface area contributed by atoms with Gasteiger partial charge in [0.1, 0.15) is 0 Å². The van der Waals surface area contributed by atoms with Gasteiger partial charge in [-0.3, -0.25) is 4.99 Å². The molecule has 1 aliphatic heterocycles. The van der Waals surface area contributed by atoms with Gasteiger partial charge in [0.15, 0.2) is 0 Å². The first-order valence-corrected chi connectivity index (χ1v) is 5.48. The number of aliphatic imine (C=N–C) groups is 1.